The summed E-state index contributed by atoms with van der Waals surface area (Å²) in [6.07, 6.45) is 5.59. The number of nitrogens with one attached hydrogen (secondary N) is 1. The van der Waals surface area contributed by atoms with Crippen molar-refractivity contribution in [2.75, 3.05) is 19.6 Å². The summed E-state index contributed by atoms with van der Waals surface area (Å²) in [5, 5.41) is 3.48. The van der Waals surface area contributed by atoms with Crippen LogP contribution in [0, 0.1) is 11.8 Å². The Kier molecular flexibility index (Phi) is 6.53. The van der Waals surface area contributed by atoms with Crippen LogP contribution in [0.15, 0.2) is 30.3 Å². The van der Waals surface area contributed by atoms with Crippen molar-refractivity contribution in [1.82, 2.24) is 10.2 Å². The van der Waals surface area contributed by atoms with Crippen LogP contribution in [0.5, 0.6) is 0 Å². The zero-order valence-corrected chi connectivity index (χ0v) is 13.9. The highest BCUT2D eigenvalue weighted by molar-refractivity contribution is 5.85. The Hall–Kier alpha value is -0.570. The predicted molar refractivity (Wildman–Crippen MR) is 91.9 cm³/mol. The largest absolute Gasteiger partial charge is 0.317 e. The van der Waals surface area contributed by atoms with Gasteiger partial charge in [-0.3, -0.25) is 4.90 Å². The van der Waals surface area contributed by atoms with Crippen LogP contribution in [0.4, 0.5) is 0 Å². The van der Waals surface area contributed by atoms with Crippen molar-refractivity contribution in [3.8, 4) is 0 Å². The molecule has 1 saturated heterocycles. The molecule has 1 heterocycles. The van der Waals surface area contributed by atoms with E-state index in [2.05, 4.69) is 47.5 Å². The topological polar surface area (TPSA) is 15.3 Å². The van der Waals surface area contributed by atoms with Crippen molar-refractivity contribution in [2.45, 2.75) is 45.2 Å². The van der Waals surface area contributed by atoms with E-state index in [1.807, 2.05) is 0 Å². The summed E-state index contributed by atoms with van der Waals surface area (Å²) in [5.41, 5.74) is 1.47. The van der Waals surface area contributed by atoms with Crippen LogP contribution in [0.2, 0.25) is 0 Å². The minimum atomic E-state index is 0. The standard InChI is InChI=1S/C18H28N2.ClH/c1-15(18-7-8-18)20(13-16-5-3-2-4-6-16)14-17-9-11-19-12-10-17;/h2-6,15,17-19H,7-14H2,1H3;1H. The van der Waals surface area contributed by atoms with Gasteiger partial charge in [0.2, 0.25) is 0 Å². The van der Waals surface area contributed by atoms with E-state index in [1.54, 1.807) is 0 Å². The van der Waals surface area contributed by atoms with Crippen molar-refractivity contribution < 1.29 is 0 Å². The average molecular weight is 309 g/mol. The zero-order valence-electron chi connectivity index (χ0n) is 13.1. The monoisotopic (exact) mass is 308 g/mol. The van der Waals surface area contributed by atoms with Gasteiger partial charge in [-0.15, -0.1) is 12.4 Å². The van der Waals surface area contributed by atoms with Gasteiger partial charge >= 0.3 is 0 Å². The fourth-order valence-corrected chi connectivity index (χ4v) is 3.47. The summed E-state index contributed by atoms with van der Waals surface area (Å²) in [4.78, 5) is 2.75. The number of nitrogens with zero attached hydrogens (tertiary/aromatic N) is 1. The van der Waals surface area contributed by atoms with Gasteiger partial charge in [0.15, 0.2) is 0 Å². The molecule has 1 aromatic rings. The molecule has 1 aliphatic carbocycles. The summed E-state index contributed by atoms with van der Waals surface area (Å²) >= 11 is 0. The first-order valence-electron chi connectivity index (χ1n) is 8.31. The third-order valence-electron chi connectivity index (χ3n) is 5.06. The highest BCUT2D eigenvalue weighted by Gasteiger charge is 2.33. The van der Waals surface area contributed by atoms with Crippen LogP contribution in [0.1, 0.15) is 38.2 Å². The van der Waals surface area contributed by atoms with Gasteiger partial charge in [-0.25, -0.2) is 0 Å². The molecule has 1 atom stereocenters. The Bertz CT molecular complexity index is 399. The average Bonchev–Trinajstić information content (AvgIpc) is 3.33. The SMILES string of the molecule is CC(C1CC1)N(Cc1ccccc1)CC1CCNCC1.Cl. The van der Waals surface area contributed by atoms with E-state index < -0.39 is 0 Å². The fraction of sp³-hybridized carbons (Fsp3) is 0.667. The second-order valence-corrected chi connectivity index (χ2v) is 6.69. The van der Waals surface area contributed by atoms with E-state index in [0.717, 1.165) is 24.4 Å². The molecule has 0 bridgehead atoms. The lowest BCUT2D eigenvalue weighted by atomic mass is 9.96. The molecule has 0 amide bonds. The van der Waals surface area contributed by atoms with Gasteiger partial charge in [0.25, 0.3) is 0 Å². The first-order valence-corrected chi connectivity index (χ1v) is 8.31. The molecule has 1 aliphatic heterocycles. The smallest absolute Gasteiger partial charge is 0.0236 e. The maximum Gasteiger partial charge on any atom is 0.0236 e. The van der Waals surface area contributed by atoms with E-state index in [9.17, 15) is 0 Å². The van der Waals surface area contributed by atoms with E-state index in [1.165, 1.54) is 50.9 Å². The lowest BCUT2D eigenvalue weighted by Crippen LogP contribution is -2.41. The van der Waals surface area contributed by atoms with Crippen LogP contribution < -0.4 is 5.32 Å². The Morgan fingerprint density at radius 2 is 1.76 bits per heavy atom. The number of hydrogen-bond donors (Lipinski definition) is 1. The molecule has 2 aliphatic rings. The molecule has 0 spiro atoms. The molecule has 21 heavy (non-hydrogen) atoms. The lowest BCUT2D eigenvalue weighted by molar-refractivity contribution is 0.139. The van der Waals surface area contributed by atoms with Crippen molar-refractivity contribution in [1.29, 1.82) is 0 Å². The molecular weight excluding hydrogens is 280 g/mol. The van der Waals surface area contributed by atoms with E-state index in [0.29, 0.717) is 0 Å². The van der Waals surface area contributed by atoms with Crippen molar-refractivity contribution in [2.24, 2.45) is 11.8 Å². The molecule has 1 saturated carbocycles. The van der Waals surface area contributed by atoms with Crippen LogP contribution in [0.25, 0.3) is 0 Å². The maximum absolute atomic E-state index is 3.48. The van der Waals surface area contributed by atoms with Gasteiger partial charge in [-0.2, -0.15) is 0 Å². The van der Waals surface area contributed by atoms with Gasteiger partial charge in [-0.05, 0) is 63.1 Å². The van der Waals surface area contributed by atoms with Gasteiger partial charge in [-0.1, -0.05) is 30.3 Å². The highest BCUT2D eigenvalue weighted by atomic mass is 35.5. The van der Waals surface area contributed by atoms with Gasteiger partial charge in [0.05, 0.1) is 0 Å². The minimum absolute atomic E-state index is 0. The van der Waals surface area contributed by atoms with Crippen LogP contribution >= 0.6 is 12.4 Å². The number of halogens is 1. The molecule has 3 rings (SSSR count). The van der Waals surface area contributed by atoms with Crippen molar-refractivity contribution >= 4 is 12.4 Å². The van der Waals surface area contributed by atoms with Gasteiger partial charge in [0.1, 0.15) is 0 Å². The molecule has 2 nitrogen and oxygen atoms in total. The first-order chi connectivity index (χ1) is 9.83. The van der Waals surface area contributed by atoms with Crippen molar-refractivity contribution in [3.63, 3.8) is 0 Å². The summed E-state index contributed by atoms with van der Waals surface area (Å²) in [7, 11) is 0. The molecule has 1 aromatic carbocycles. The summed E-state index contributed by atoms with van der Waals surface area (Å²) < 4.78 is 0. The predicted octanol–water partition coefficient (Wildman–Crippen LogP) is 3.71. The Morgan fingerprint density at radius 3 is 2.38 bits per heavy atom. The first kappa shape index (κ1) is 16.8. The summed E-state index contributed by atoms with van der Waals surface area (Å²) in [6, 6.07) is 11.7. The number of piperidine rings is 1. The van der Waals surface area contributed by atoms with E-state index in [-0.39, 0.29) is 12.4 Å². The quantitative estimate of drug-likeness (QED) is 0.862. The third kappa shape index (κ3) is 4.98. The number of rotatable bonds is 6. The summed E-state index contributed by atoms with van der Waals surface area (Å²) in [6.45, 7) is 7.28. The molecule has 2 fully saturated rings. The molecule has 0 aromatic heterocycles. The van der Waals surface area contributed by atoms with Crippen LogP contribution in [-0.2, 0) is 6.54 Å². The molecule has 118 valence electrons. The van der Waals surface area contributed by atoms with E-state index >= 15 is 0 Å². The number of benzene rings is 1. The Balaban J connectivity index is 0.00000161. The number of hydrogen-bond acceptors (Lipinski definition) is 2. The Morgan fingerprint density at radius 1 is 1.10 bits per heavy atom. The molecule has 0 radical (unpaired) electrons. The van der Waals surface area contributed by atoms with Crippen LogP contribution in [0.3, 0.4) is 0 Å². The maximum atomic E-state index is 3.48. The second kappa shape index (κ2) is 8.17. The highest BCUT2D eigenvalue weighted by Crippen LogP contribution is 2.36. The minimum Gasteiger partial charge on any atom is -0.317 e. The van der Waals surface area contributed by atoms with Crippen LogP contribution in [-0.4, -0.2) is 30.6 Å². The molecule has 1 unspecified atom stereocenters. The lowest BCUT2D eigenvalue weighted by Gasteiger charge is -2.34. The normalized spacial score (nSPS) is 21.0. The molecule has 3 heteroatoms. The Labute approximate surface area is 135 Å². The molecular formula is C18H29ClN2. The van der Waals surface area contributed by atoms with Crippen molar-refractivity contribution in [3.05, 3.63) is 35.9 Å². The van der Waals surface area contributed by atoms with Gasteiger partial charge < -0.3 is 5.32 Å². The molecule has 1 N–H and O–H groups in total. The van der Waals surface area contributed by atoms with Gasteiger partial charge in [0, 0.05) is 19.1 Å². The summed E-state index contributed by atoms with van der Waals surface area (Å²) in [5.74, 6) is 1.85. The van der Waals surface area contributed by atoms with E-state index in [4.69, 9.17) is 0 Å². The fourth-order valence-electron chi connectivity index (χ4n) is 3.47. The second-order valence-electron chi connectivity index (χ2n) is 6.69. The zero-order chi connectivity index (χ0) is 13.8. The third-order valence-corrected chi connectivity index (χ3v) is 5.06.